The van der Waals surface area contributed by atoms with Crippen LogP contribution < -0.4 is 5.73 Å². The fourth-order valence-electron chi connectivity index (χ4n) is 1.25. The van der Waals surface area contributed by atoms with Gasteiger partial charge in [0.25, 0.3) is 0 Å². The van der Waals surface area contributed by atoms with Gasteiger partial charge in [-0.25, -0.2) is 14.8 Å². The van der Waals surface area contributed by atoms with E-state index in [1.165, 1.54) is 0 Å². The van der Waals surface area contributed by atoms with Gasteiger partial charge in [-0.05, 0) is 6.42 Å². The number of aryl methyl sites for hydroxylation is 1. The summed E-state index contributed by atoms with van der Waals surface area (Å²) in [4.78, 5) is 19.9. The highest BCUT2D eigenvalue weighted by molar-refractivity contribution is 7.21. The zero-order valence-corrected chi connectivity index (χ0v) is 8.84. The molecule has 2 aromatic heterocycles. The molecule has 15 heavy (non-hydrogen) atoms. The molecular weight excluding hydrogens is 214 g/mol. The van der Waals surface area contributed by atoms with Crippen molar-refractivity contribution in [3.05, 3.63) is 16.8 Å². The van der Waals surface area contributed by atoms with Gasteiger partial charge in [-0.2, -0.15) is 0 Å². The van der Waals surface area contributed by atoms with Crippen LogP contribution in [0.5, 0.6) is 0 Å². The standard InChI is InChI=1S/C9H9N3O2S/c1-2-4-3-11-6-5(10)7(9(13)14)15-8(6)12-4/h3H,2,10H2,1H3,(H,13,14). The lowest BCUT2D eigenvalue weighted by Gasteiger charge is -1.94. The van der Waals surface area contributed by atoms with E-state index in [1.807, 2.05) is 6.92 Å². The van der Waals surface area contributed by atoms with Crippen molar-refractivity contribution >= 4 is 33.3 Å². The lowest BCUT2D eigenvalue weighted by Crippen LogP contribution is -1.97. The van der Waals surface area contributed by atoms with E-state index >= 15 is 0 Å². The zero-order chi connectivity index (χ0) is 11.0. The Labute approximate surface area is 89.6 Å². The fraction of sp³-hybridized carbons (Fsp3) is 0.222. The second-order valence-corrected chi connectivity index (χ2v) is 4.02. The van der Waals surface area contributed by atoms with Crippen LogP contribution >= 0.6 is 11.3 Å². The minimum absolute atomic E-state index is 0.109. The Hall–Kier alpha value is -1.69. The number of fused-ring (bicyclic) bond motifs is 1. The first kappa shape index (κ1) is 9.85. The van der Waals surface area contributed by atoms with Gasteiger partial charge >= 0.3 is 5.97 Å². The van der Waals surface area contributed by atoms with Gasteiger partial charge in [0, 0.05) is 6.20 Å². The summed E-state index contributed by atoms with van der Waals surface area (Å²) in [5.41, 5.74) is 7.18. The summed E-state index contributed by atoms with van der Waals surface area (Å²) in [5, 5.41) is 8.87. The summed E-state index contributed by atoms with van der Waals surface area (Å²) >= 11 is 1.06. The molecule has 5 nitrogen and oxygen atoms in total. The number of nitrogens with two attached hydrogens (primary N) is 1. The van der Waals surface area contributed by atoms with E-state index in [9.17, 15) is 4.79 Å². The van der Waals surface area contributed by atoms with Crippen LogP contribution in [0.15, 0.2) is 6.20 Å². The van der Waals surface area contributed by atoms with Gasteiger partial charge in [0.05, 0.1) is 11.4 Å². The Balaban J connectivity index is 2.70. The zero-order valence-electron chi connectivity index (χ0n) is 8.02. The molecule has 0 aromatic carbocycles. The number of nitrogens with zero attached hydrogens (tertiary/aromatic N) is 2. The van der Waals surface area contributed by atoms with E-state index in [1.54, 1.807) is 6.20 Å². The summed E-state index contributed by atoms with van der Waals surface area (Å²) in [6.07, 6.45) is 2.39. The summed E-state index contributed by atoms with van der Waals surface area (Å²) in [6, 6.07) is 0. The molecule has 2 aromatic rings. The average molecular weight is 223 g/mol. The summed E-state index contributed by atoms with van der Waals surface area (Å²) in [6.45, 7) is 1.96. The van der Waals surface area contributed by atoms with Crippen LogP contribution in [0.25, 0.3) is 10.3 Å². The molecule has 0 unspecified atom stereocenters. The van der Waals surface area contributed by atoms with E-state index in [0.29, 0.717) is 10.3 Å². The number of anilines is 1. The Morgan fingerprint density at radius 2 is 2.40 bits per heavy atom. The molecule has 0 atom stereocenters. The van der Waals surface area contributed by atoms with Crippen LogP contribution in [0.2, 0.25) is 0 Å². The second kappa shape index (κ2) is 3.47. The van der Waals surface area contributed by atoms with Crippen molar-refractivity contribution in [2.75, 3.05) is 5.73 Å². The van der Waals surface area contributed by atoms with Crippen molar-refractivity contribution in [2.45, 2.75) is 13.3 Å². The average Bonchev–Trinajstić information content (AvgIpc) is 2.55. The van der Waals surface area contributed by atoms with Crippen molar-refractivity contribution in [1.29, 1.82) is 0 Å². The third-order valence-corrected chi connectivity index (χ3v) is 3.12. The molecule has 78 valence electrons. The van der Waals surface area contributed by atoms with Gasteiger partial charge < -0.3 is 10.8 Å². The molecule has 0 aliphatic rings. The third-order valence-electron chi connectivity index (χ3n) is 2.05. The van der Waals surface area contributed by atoms with Gasteiger partial charge in [0.2, 0.25) is 0 Å². The predicted octanol–water partition coefficient (Wildman–Crippen LogP) is 1.53. The molecule has 0 saturated carbocycles. The number of aromatic nitrogens is 2. The minimum atomic E-state index is -1.03. The SMILES string of the molecule is CCc1cnc2c(N)c(C(=O)O)sc2n1. The number of hydrogen-bond donors (Lipinski definition) is 2. The monoisotopic (exact) mass is 223 g/mol. The van der Waals surface area contributed by atoms with Gasteiger partial charge in [-0.1, -0.05) is 6.92 Å². The van der Waals surface area contributed by atoms with Gasteiger partial charge in [-0.3, -0.25) is 0 Å². The van der Waals surface area contributed by atoms with E-state index in [0.717, 1.165) is 23.5 Å². The highest BCUT2D eigenvalue weighted by atomic mass is 32.1. The largest absolute Gasteiger partial charge is 0.477 e. The highest BCUT2D eigenvalue weighted by Crippen LogP contribution is 2.30. The molecule has 0 aliphatic carbocycles. The first-order valence-electron chi connectivity index (χ1n) is 4.40. The van der Waals surface area contributed by atoms with E-state index in [-0.39, 0.29) is 10.6 Å². The number of thiophene rings is 1. The van der Waals surface area contributed by atoms with Crippen LogP contribution in [-0.4, -0.2) is 21.0 Å². The molecule has 0 bridgehead atoms. The van der Waals surface area contributed by atoms with Crippen molar-refractivity contribution in [2.24, 2.45) is 0 Å². The lowest BCUT2D eigenvalue weighted by atomic mass is 10.3. The van der Waals surface area contributed by atoms with Crippen LogP contribution in [0, 0.1) is 0 Å². The van der Waals surface area contributed by atoms with Crippen LogP contribution in [0.3, 0.4) is 0 Å². The quantitative estimate of drug-likeness (QED) is 0.806. The molecular formula is C9H9N3O2S. The van der Waals surface area contributed by atoms with E-state index in [2.05, 4.69) is 9.97 Å². The molecule has 0 amide bonds. The maximum absolute atomic E-state index is 10.8. The second-order valence-electron chi connectivity index (χ2n) is 3.02. The van der Waals surface area contributed by atoms with Crippen molar-refractivity contribution in [3.8, 4) is 0 Å². The smallest absolute Gasteiger partial charge is 0.348 e. The number of aromatic carboxylic acids is 1. The first-order chi connectivity index (χ1) is 7.13. The van der Waals surface area contributed by atoms with E-state index < -0.39 is 5.97 Å². The number of hydrogen-bond acceptors (Lipinski definition) is 5. The van der Waals surface area contributed by atoms with Gasteiger partial charge in [0.15, 0.2) is 0 Å². The maximum Gasteiger partial charge on any atom is 0.348 e. The number of carboxylic acids is 1. The Bertz CT molecular complexity index is 535. The molecule has 2 heterocycles. The van der Waals surface area contributed by atoms with Crippen molar-refractivity contribution in [3.63, 3.8) is 0 Å². The number of carbonyl (C=O) groups is 1. The maximum atomic E-state index is 10.8. The molecule has 0 saturated heterocycles. The molecule has 2 rings (SSSR count). The number of rotatable bonds is 2. The number of nitrogen functional groups attached to an aromatic ring is 1. The minimum Gasteiger partial charge on any atom is -0.477 e. The van der Waals surface area contributed by atoms with E-state index in [4.69, 9.17) is 10.8 Å². The van der Waals surface area contributed by atoms with Crippen LogP contribution in [-0.2, 0) is 6.42 Å². The Morgan fingerprint density at radius 3 is 3.00 bits per heavy atom. The lowest BCUT2D eigenvalue weighted by molar-refractivity contribution is 0.0703. The molecule has 3 N–H and O–H groups in total. The first-order valence-corrected chi connectivity index (χ1v) is 5.22. The summed E-state index contributed by atoms with van der Waals surface area (Å²) in [5.74, 6) is -1.03. The molecule has 0 aliphatic heterocycles. The molecule has 6 heteroatoms. The van der Waals surface area contributed by atoms with Gasteiger partial charge in [-0.15, -0.1) is 11.3 Å². The summed E-state index contributed by atoms with van der Waals surface area (Å²) in [7, 11) is 0. The summed E-state index contributed by atoms with van der Waals surface area (Å²) < 4.78 is 0. The normalized spacial score (nSPS) is 10.7. The third kappa shape index (κ3) is 1.52. The number of carboxylic acid groups (broad SMARTS) is 1. The molecule has 0 fully saturated rings. The predicted molar refractivity (Wildman–Crippen MR) is 58.2 cm³/mol. The fourth-order valence-corrected chi connectivity index (χ4v) is 2.16. The van der Waals surface area contributed by atoms with Crippen LogP contribution in [0.4, 0.5) is 5.69 Å². The molecule has 0 spiro atoms. The Morgan fingerprint density at radius 1 is 1.67 bits per heavy atom. The highest BCUT2D eigenvalue weighted by Gasteiger charge is 2.17. The van der Waals surface area contributed by atoms with Crippen molar-refractivity contribution < 1.29 is 9.90 Å². The molecule has 0 radical (unpaired) electrons. The Kier molecular flexibility index (Phi) is 2.28. The topological polar surface area (TPSA) is 89.1 Å². The van der Waals surface area contributed by atoms with Crippen molar-refractivity contribution in [1.82, 2.24) is 9.97 Å². The van der Waals surface area contributed by atoms with Crippen LogP contribution in [0.1, 0.15) is 22.3 Å². The van der Waals surface area contributed by atoms with Gasteiger partial charge in [0.1, 0.15) is 15.2 Å².